The van der Waals surface area contributed by atoms with E-state index in [0.29, 0.717) is 22.8 Å². The van der Waals surface area contributed by atoms with Crippen LogP contribution in [0.5, 0.6) is 0 Å². The highest BCUT2D eigenvalue weighted by Gasteiger charge is 2.30. The molecule has 0 saturated heterocycles. The Morgan fingerprint density at radius 3 is 2.26 bits per heavy atom. The number of carbonyl (C=O) groups is 3. The lowest BCUT2D eigenvalue weighted by molar-refractivity contribution is -0.119. The van der Waals surface area contributed by atoms with Crippen molar-refractivity contribution in [3.63, 3.8) is 0 Å². The average molecular weight is 775 g/mol. The summed E-state index contributed by atoms with van der Waals surface area (Å²) in [5, 5.41) is 33.1. The van der Waals surface area contributed by atoms with Gasteiger partial charge in [0, 0.05) is 37.4 Å². The van der Waals surface area contributed by atoms with E-state index in [2.05, 4.69) is 10.6 Å². The minimum absolute atomic E-state index is 0.0822. The summed E-state index contributed by atoms with van der Waals surface area (Å²) in [4.78, 5) is 39.4. The molecule has 0 aromatic heterocycles. The van der Waals surface area contributed by atoms with Gasteiger partial charge in [-0.2, -0.15) is 0 Å². The largest absolute Gasteiger partial charge is 0.396 e. The summed E-state index contributed by atoms with van der Waals surface area (Å²) in [7, 11) is 2.84. The van der Waals surface area contributed by atoms with E-state index in [1.165, 1.54) is 19.1 Å². The number of hydrogen-bond acceptors (Lipinski definition) is 7. The molecule has 0 aliphatic heterocycles. The fraction of sp³-hybridized carbons (Fsp3) is 0.500. The predicted octanol–water partition coefficient (Wildman–Crippen LogP) is 0.623. The van der Waals surface area contributed by atoms with E-state index in [-0.39, 0.29) is 37.4 Å². The standard InChI is InChI=1S/C18H24I3N3O7/c1-24(6-9(27)7-26)18(30)12-13(19)11(17(29)22-4-3-5-25)14(20)16(15(12)21)23-10(28)8-31-2/h9,25-27H,3-8H2,1-2H3,(H,22,29)(H,23,28). The van der Waals surface area contributed by atoms with E-state index in [0.717, 1.165) is 0 Å². The smallest absolute Gasteiger partial charge is 0.255 e. The van der Waals surface area contributed by atoms with E-state index >= 15 is 0 Å². The van der Waals surface area contributed by atoms with Crippen LogP contribution in [0.15, 0.2) is 0 Å². The van der Waals surface area contributed by atoms with Crippen molar-refractivity contribution in [3.8, 4) is 0 Å². The number of halogens is 3. The SMILES string of the molecule is COCC(=O)Nc1c(I)c(C(=O)NCCCO)c(I)c(C(=O)N(C)CC(O)CO)c1I. The monoisotopic (exact) mass is 775 g/mol. The zero-order valence-corrected chi connectivity index (χ0v) is 23.3. The molecule has 1 unspecified atom stereocenters. The van der Waals surface area contributed by atoms with Crippen LogP contribution < -0.4 is 10.6 Å². The molecule has 1 aromatic carbocycles. The second-order valence-electron chi connectivity index (χ2n) is 6.40. The average Bonchev–Trinajstić information content (AvgIpc) is 2.71. The number of amides is 3. The third-order valence-corrected chi connectivity index (χ3v) is 7.20. The van der Waals surface area contributed by atoms with Gasteiger partial charge in [0.15, 0.2) is 0 Å². The van der Waals surface area contributed by atoms with Gasteiger partial charge in [-0.3, -0.25) is 14.4 Å². The van der Waals surface area contributed by atoms with Gasteiger partial charge < -0.3 is 35.6 Å². The summed E-state index contributed by atoms with van der Waals surface area (Å²) in [5.41, 5.74) is 0.705. The number of hydrogen-bond donors (Lipinski definition) is 5. The number of anilines is 1. The minimum Gasteiger partial charge on any atom is -0.396 e. The summed E-state index contributed by atoms with van der Waals surface area (Å²) in [6.07, 6.45) is -0.746. The first kappa shape index (κ1) is 28.7. The number of aliphatic hydroxyl groups excluding tert-OH is 3. The second kappa shape index (κ2) is 14.0. The number of likely N-dealkylation sites (N-methyl/N-ethyl adjacent to an activating group) is 1. The number of nitrogens with one attached hydrogen (secondary N) is 2. The van der Waals surface area contributed by atoms with Crippen LogP contribution in [0.4, 0.5) is 5.69 Å². The van der Waals surface area contributed by atoms with Gasteiger partial charge >= 0.3 is 0 Å². The Morgan fingerprint density at radius 1 is 1.10 bits per heavy atom. The highest BCUT2D eigenvalue weighted by Crippen LogP contribution is 2.36. The van der Waals surface area contributed by atoms with E-state index in [1.54, 1.807) is 0 Å². The molecule has 0 aliphatic carbocycles. The van der Waals surface area contributed by atoms with Gasteiger partial charge in [-0.05, 0) is 74.2 Å². The molecule has 0 fully saturated rings. The molecule has 0 saturated carbocycles. The molecule has 5 N–H and O–H groups in total. The molecular formula is C18H24I3N3O7. The molecule has 3 amide bonds. The van der Waals surface area contributed by atoms with Crippen molar-refractivity contribution in [1.29, 1.82) is 0 Å². The maximum absolute atomic E-state index is 13.2. The lowest BCUT2D eigenvalue weighted by Crippen LogP contribution is -2.37. The maximum atomic E-state index is 13.2. The molecule has 1 aromatic rings. The minimum atomic E-state index is -1.12. The van der Waals surface area contributed by atoms with E-state index in [1.807, 2.05) is 67.8 Å². The summed E-state index contributed by atoms with van der Waals surface area (Å²) in [6.45, 7) is -0.666. The van der Waals surface area contributed by atoms with Crippen molar-refractivity contribution in [2.45, 2.75) is 12.5 Å². The first-order chi connectivity index (χ1) is 14.6. The fourth-order valence-electron chi connectivity index (χ4n) is 2.48. The molecule has 1 rings (SSSR count). The van der Waals surface area contributed by atoms with Crippen LogP contribution >= 0.6 is 67.8 Å². The van der Waals surface area contributed by atoms with Gasteiger partial charge in [-0.25, -0.2) is 0 Å². The van der Waals surface area contributed by atoms with Crippen LogP contribution in [0.3, 0.4) is 0 Å². The Balaban J connectivity index is 3.56. The Labute approximate surface area is 220 Å². The summed E-state index contributed by atoms with van der Waals surface area (Å²) >= 11 is 5.78. The van der Waals surface area contributed by atoms with Crippen LogP contribution in [0.25, 0.3) is 0 Å². The number of aliphatic hydroxyl groups is 3. The van der Waals surface area contributed by atoms with Crippen LogP contribution in [-0.4, -0.2) is 91.1 Å². The number of benzene rings is 1. The van der Waals surface area contributed by atoms with Gasteiger partial charge in [0.25, 0.3) is 11.8 Å². The summed E-state index contributed by atoms with van der Waals surface area (Å²) in [6, 6.07) is 0. The van der Waals surface area contributed by atoms with Crippen molar-refractivity contribution in [1.82, 2.24) is 10.2 Å². The topological polar surface area (TPSA) is 148 Å². The molecule has 0 radical (unpaired) electrons. The third-order valence-electron chi connectivity index (χ3n) is 3.96. The maximum Gasteiger partial charge on any atom is 0.255 e. The van der Waals surface area contributed by atoms with Gasteiger partial charge in [0.1, 0.15) is 6.61 Å². The molecular weight excluding hydrogens is 751 g/mol. The molecule has 1 atom stereocenters. The lowest BCUT2D eigenvalue weighted by atomic mass is 10.1. The van der Waals surface area contributed by atoms with E-state index < -0.39 is 30.4 Å². The zero-order chi connectivity index (χ0) is 23.7. The van der Waals surface area contributed by atoms with E-state index in [4.69, 9.17) is 14.9 Å². The summed E-state index contributed by atoms with van der Waals surface area (Å²) in [5.74, 6) is -1.38. The van der Waals surface area contributed by atoms with Gasteiger partial charge in [-0.1, -0.05) is 0 Å². The first-order valence-electron chi connectivity index (χ1n) is 9.03. The number of methoxy groups -OCH3 is 1. The number of carbonyl (C=O) groups excluding carboxylic acids is 3. The van der Waals surface area contributed by atoms with Crippen molar-refractivity contribution in [2.24, 2.45) is 0 Å². The molecule has 13 heteroatoms. The van der Waals surface area contributed by atoms with Crippen molar-refractivity contribution < 1.29 is 34.4 Å². The highest BCUT2D eigenvalue weighted by atomic mass is 127. The Kier molecular flexibility index (Phi) is 13.0. The van der Waals surface area contributed by atoms with Gasteiger partial charge in [0.05, 0.1) is 36.7 Å². The number of rotatable bonds is 11. The van der Waals surface area contributed by atoms with Crippen LogP contribution in [0.2, 0.25) is 0 Å². The Bertz CT molecular complexity index is 823. The van der Waals surface area contributed by atoms with Crippen LogP contribution in [0.1, 0.15) is 27.1 Å². The third kappa shape index (κ3) is 7.88. The van der Waals surface area contributed by atoms with Gasteiger partial charge in [0.2, 0.25) is 5.91 Å². The molecule has 174 valence electrons. The Hall–Kier alpha value is -0.340. The van der Waals surface area contributed by atoms with Crippen molar-refractivity contribution in [2.75, 3.05) is 52.4 Å². The lowest BCUT2D eigenvalue weighted by Gasteiger charge is -2.24. The van der Waals surface area contributed by atoms with Crippen molar-refractivity contribution in [3.05, 3.63) is 21.8 Å². The van der Waals surface area contributed by atoms with Gasteiger partial charge in [-0.15, -0.1) is 0 Å². The van der Waals surface area contributed by atoms with Crippen molar-refractivity contribution >= 4 is 91.2 Å². The quantitative estimate of drug-likeness (QED) is 0.164. The molecule has 0 spiro atoms. The molecule has 31 heavy (non-hydrogen) atoms. The normalized spacial score (nSPS) is 11.7. The molecule has 0 aliphatic rings. The number of nitrogens with zero attached hydrogens (tertiary/aromatic N) is 1. The fourth-order valence-corrected chi connectivity index (χ4v) is 6.87. The van der Waals surface area contributed by atoms with Crippen LogP contribution in [-0.2, 0) is 9.53 Å². The Morgan fingerprint density at radius 2 is 1.71 bits per heavy atom. The molecule has 10 nitrogen and oxygen atoms in total. The number of ether oxygens (including phenoxy) is 1. The highest BCUT2D eigenvalue weighted by molar-refractivity contribution is 14.1. The molecule has 0 bridgehead atoms. The predicted molar refractivity (Wildman–Crippen MR) is 139 cm³/mol. The summed E-state index contributed by atoms with van der Waals surface area (Å²) < 4.78 is 6.11. The second-order valence-corrected chi connectivity index (χ2v) is 9.64. The van der Waals surface area contributed by atoms with E-state index in [9.17, 15) is 19.5 Å². The zero-order valence-electron chi connectivity index (χ0n) is 16.9. The molecule has 0 heterocycles. The first-order valence-corrected chi connectivity index (χ1v) is 12.3. The van der Waals surface area contributed by atoms with Crippen LogP contribution in [0, 0.1) is 10.7 Å².